The van der Waals surface area contributed by atoms with Gasteiger partial charge in [0.05, 0.1) is 5.56 Å². The lowest BCUT2D eigenvalue weighted by molar-refractivity contribution is -0.120. The SMILES string of the molecule is Cc1csc(COc2ccc3oc(C)c(C(=O)NC4CCNC4=O)c3c2)n1. The highest BCUT2D eigenvalue weighted by Crippen LogP contribution is 2.29. The van der Waals surface area contributed by atoms with Gasteiger partial charge in [0.2, 0.25) is 5.91 Å². The van der Waals surface area contributed by atoms with E-state index in [-0.39, 0.29) is 11.8 Å². The molecule has 7 nitrogen and oxygen atoms in total. The van der Waals surface area contributed by atoms with Gasteiger partial charge in [-0.25, -0.2) is 4.98 Å². The van der Waals surface area contributed by atoms with Crippen molar-refractivity contribution in [2.24, 2.45) is 0 Å². The lowest BCUT2D eigenvalue weighted by Gasteiger charge is -2.10. The van der Waals surface area contributed by atoms with Crippen molar-refractivity contribution in [1.82, 2.24) is 15.6 Å². The second kappa shape index (κ2) is 7.03. The van der Waals surface area contributed by atoms with Gasteiger partial charge in [-0.3, -0.25) is 9.59 Å². The topological polar surface area (TPSA) is 93.5 Å². The third kappa shape index (κ3) is 3.52. The van der Waals surface area contributed by atoms with E-state index < -0.39 is 6.04 Å². The third-order valence-corrected chi connectivity index (χ3v) is 5.39. The first-order valence-corrected chi connectivity index (χ1v) is 9.55. The summed E-state index contributed by atoms with van der Waals surface area (Å²) >= 11 is 1.55. The molecule has 4 rings (SSSR count). The van der Waals surface area contributed by atoms with Gasteiger partial charge in [0.25, 0.3) is 5.91 Å². The number of amides is 2. The van der Waals surface area contributed by atoms with E-state index >= 15 is 0 Å². The Labute approximate surface area is 159 Å². The number of nitrogens with zero attached hydrogens (tertiary/aromatic N) is 1. The number of hydrogen-bond donors (Lipinski definition) is 2. The smallest absolute Gasteiger partial charge is 0.256 e. The molecule has 2 aromatic heterocycles. The Morgan fingerprint density at radius 3 is 3.00 bits per heavy atom. The highest BCUT2D eigenvalue weighted by molar-refractivity contribution is 7.09. The van der Waals surface area contributed by atoms with Crippen LogP contribution in [0.3, 0.4) is 0 Å². The first-order valence-electron chi connectivity index (χ1n) is 8.67. The first-order chi connectivity index (χ1) is 13.0. The predicted molar refractivity (Wildman–Crippen MR) is 101 cm³/mol. The number of carbonyl (C=O) groups excluding carboxylic acids is 2. The van der Waals surface area contributed by atoms with E-state index in [1.165, 1.54) is 0 Å². The van der Waals surface area contributed by atoms with Gasteiger partial charge in [-0.15, -0.1) is 11.3 Å². The fourth-order valence-corrected chi connectivity index (χ4v) is 3.83. The number of furan rings is 1. The van der Waals surface area contributed by atoms with Crippen molar-refractivity contribution in [2.45, 2.75) is 32.9 Å². The fourth-order valence-electron chi connectivity index (χ4n) is 3.15. The molecule has 2 amide bonds. The van der Waals surface area contributed by atoms with Crippen molar-refractivity contribution in [2.75, 3.05) is 6.54 Å². The standard InChI is InChI=1S/C19H19N3O4S/c1-10-9-27-16(21-10)8-25-12-3-4-15-13(7-12)17(11(2)26-15)19(24)22-14-5-6-20-18(14)23/h3-4,7,9,14H,5-6,8H2,1-2H3,(H,20,23)(H,22,24). The van der Waals surface area contributed by atoms with Crippen molar-refractivity contribution >= 4 is 34.1 Å². The Morgan fingerprint density at radius 1 is 1.44 bits per heavy atom. The number of carbonyl (C=O) groups is 2. The molecule has 0 radical (unpaired) electrons. The summed E-state index contributed by atoms with van der Waals surface area (Å²) in [5.41, 5.74) is 2.00. The monoisotopic (exact) mass is 385 g/mol. The van der Waals surface area contributed by atoms with Gasteiger partial charge >= 0.3 is 0 Å². The second-order valence-electron chi connectivity index (χ2n) is 6.47. The minimum Gasteiger partial charge on any atom is -0.486 e. The molecule has 3 aromatic rings. The zero-order valence-corrected chi connectivity index (χ0v) is 15.8. The van der Waals surface area contributed by atoms with E-state index in [9.17, 15) is 9.59 Å². The lowest BCUT2D eigenvalue weighted by Crippen LogP contribution is -2.40. The molecular weight excluding hydrogens is 366 g/mol. The van der Waals surface area contributed by atoms with Crippen LogP contribution in [0.4, 0.5) is 0 Å². The number of benzene rings is 1. The zero-order chi connectivity index (χ0) is 19.0. The summed E-state index contributed by atoms with van der Waals surface area (Å²) in [5, 5.41) is 9.03. The van der Waals surface area contributed by atoms with Crippen molar-refractivity contribution < 1.29 is 18.7 Å². The number of thiazole rings is 1. The summed E-state index contributed by atoms with van der Waals surface area (Å²) in [6, 6.07) is 4.87. The highest BCUT2D eigenvalue weighted by Gasteiger charge is 2.28. The molecule has 0 bridgehead atoms. The van der Waals surface area contributed by atoms with Crippen molar-refractivity contribution in [3.63, 3.8) is 0 Å². The molecule has 1 fully saturated rings. The van der Waals surface area contributed by atoms with Crippen LogP contribution >= 0.6 is 11.3 Å². The maximum atomic E-state index is 12.7. The number of hydrogen-bond acceptors (Lipinski definition) is 6. The largest absolute Gasteiger partial charge is 0.486 e. The second-order valence-corrected chi connectivity index (χ2v) is 7.41. The van der Waals surface area contributed by atoms with E-state index in [1.807, 2.05) is 12.3 Å². The fraction of sp³-hybridized carbons (Fsp3) is 0.316. The van der Waals surface area contributed by atoms with Gasteiger partial charge in [0, 0.05) is 23.0 Å². The Morgan fingerprint density at radius 2 is 2.30 bits per heavy atom. The minimum atomic E-state index is -0.505. The molecule has 8 heteroatoms. The lowest BCUT2D eigenvalue weighted by atomic mass is 10.1. The molecule has 1 aliphatic rings. The molecule has 1 aliphatic heterocycles. The van der Waals surface area contributed by atoms with Gasteiger partial charge in [-0.2, -0.15) is 0 Å². The Hall–Kier alpha value is -2.87. The number of fused-ring (bicyclic) bond motifs is 1. The van der Waals surface area contributed by atoms with Crippen LogP contribution in [0.1, 0.15) is 33.2 Å². The van der Waals surface area contributed by atoms with Crippen molar-refractivity contribution in [3.8, 4) is 5.75 Å². The van der Waals surface area contributed by atoms with Crippen LogP contribution in [-0.2, 0) is 11.4 Å². The highest BCUT2D eigenvalue weighted by atomic mass is 32.1. The van der Waals surface area contributed by atoms with Crippen LogP contribution in [0.5, 0.6) is 5.75 Å². The Balaban J connectivity index is 1.57. The van der Waals surface area contributed by atoms with Crippen LogP contribution in [0.25, 0.3) is 11.0 Å². The summed E-state index contributed by atoms with van der Waals surface area (Å²) in [6.07, 6.45) is 0.584. The van der Waals surface area contributed by atoms with E-state index in [1.54, 1.807) is 36.5 Å². The number of aromatic nitrogens is 1. The van der Waals surface area contributed by atoms with Gasteiger partial charge in [0.15, 0.2) is 0 Å². The molecule has 3 heterocycles. The number of rotatable bonds is 5. The van der Waals surface area contributed by atoms with E-state index in [4.69, 9.17) is 9.15 Å². The van der Waals surface area contributed by atoms with Gasteiger partial charge in [-0.1, -0.05) is 0 Å². The van der Waals surface area contributed by atoms with Crippen LogP contribution < -0.4 is 15.4 Å². The van der Waals surface area contributed by atoms with Gasteiger partial charge in [0.1, 0.15) is 34.7 Å². The van der Waals surface area contributed by atoms with E-state index in [0.29, 0.717) is 47.6 Å². The van der Waals surface area contributed by atoms with Crippen LogP contribution in [0.15, 0.2) is 28.0 Å². The van der Waals surface area contributed by atoms with Crippen molar-refractivity contribution in [1.29, 1.82) is 0 Å². The summed E-state index contributed by atoms with van der Waals surface area (Å²) in [6.45, 7) is 4.62. The van der Waals surface area contributed by atoms with Gasteiger partial charge in [-0.05, 0) is 38.5 Å². The molecule has 140 valence electrons. The molecule has 0 aliphatic carbocycles. The quantitative estimate of drug-likeness (QED) is 0.704. The average molecular weight is 385 g/mol. The maximum absolute atomic E-state index is 12.7. The number of nitrogens with one attached hydrogen (secondary N) is 2. The summed E-state index contributed by atoms with van der Waals surface area (Å²) < 4.78 is 11.5. The zero-order valence-electron chi connectivity index (χ0n) is 15.0. The van der Waals surface area contributed by atoms with Gasteiger partial charge < -0.3 is 19.8 Å². The van der Waals surface area contributed by atoms with Crippen LogP contribution in [-0.4, -0.2) is 29.4 Å². The Bertz CT molecular complexity index is 1020. The normalized spacial score (nSPS) is 16.5. The average Bonchev–Trinajstić information content (AvgIpc) is 3.31. The summed E-state index contributed by atoms with van der Waals surface area (Å²) in [4.78, 5) is 28.8. The Kier molecular flexibility index (Phi) is 4.57. The van der Waals surface area contributed by atoms with Crippen LogP contribution in [0.2, 0.25) is 0 Å². The molecule has 0 spiro atoms. The summed E-state index contributed by atoms with van der Waals surface area (Å²) in [7, 11) is 0. The minimum absolute atomic E-state index is 0.156. The van der Waals surface area contributed by atoms with Crippen LogP contribution in [0, 0.1) is 13.8 Å². The molecule has 0 saturated carbocycles. The number of ether oxygens (including phenoxy) is 1. The first kappa shape index (κ1) is 17.5. The predicted octanol–water partition coefficient (Wildman–Crippen LogP) is 2.70. The molecule has 1 unspecified atom stereocenters. The van der Waals surface area contributed by atoms with E-state index in [0.717, 1.165) is 10.7 Å². The molecule has 1 saturated heterocycles. The molecule has 1 aromatic carbocycles. The third-order valence-electron chi connectivity index (χ3n) is 4.45. The van der Waals surface area contributed by atoms with E-state index in [2.05, 4.69) is 15.6 Å². The molecule has 1 atom stereocenters. The molecule has 27 heavy (non-hydrogen) atoms. The van der Waals surface area contributed by atoms with Crippen molar-refractivity contribution in [3.05, 3.63) is 45.6 Å². The molecular formula is C19H19N3O4S. The number of aryl methyl sites for hydroxylation is 2. The summed E-state index contributed by atoms with van der Waals surface area (Å²) in [5.74, 6) is 0.662. The maximum Gasteiger partial charge on any atom is 0.256 e. The molecule has 2 N–H and O–H groups in total.